The van der Waals surface area contributed by atoms with Crippen LogP contribution in [0.2, 0.25) is 0 Å². The molecule has 1 aromatic carbocycles. The van der Waals surface area contributed by atoms with E-state index in [1.54, 1.807) is 0 Å². The van der Waals surface area contributed by atoms with Gasteiger partial charge >= 0.3 is 0 Å². The smallest absolute Gasteiger partial charge is 0.0270 e. The second-order valence-corrected chi connectivity index (χ2v) is 6.26. The van der Waals surface area contributed by atoms with E-state index in [-0.39, 0.29) is 0 Å². The highest BCUT2D eigenvalue weighted by Crippen LogP contribution is 2.28. The van der Waals surface area contributed by atoms with Gasteiger partial charge in [-0.3, -0.25) is 4.98 Å². The predicted octanol–water partition coefficient (Wildman–Crippen LogP) is 2.11. The van der Waals surface area contributed by atoms with Gasteiger partial charge in [-0.25, -0.2) is 0 Å². The first-order valence-corrected chi connectivity index (χ1v) is 8.16. The van der Waals surface area contributed by atoms with Crippen LogP contribution in [0.15, 0.2) is 72.1 Å². The third-order valence-electron chi connectivity index (χ3n) is 4.55. The molecule has 2 aliphatic carbocycles. The highest BCUT2D eigenvalue weighted by molar-refractivity contribution is 5.94. The van der Waals surface area contributed by atoms with Gasteiger partial charge in [0.2, 0.25) is 0 Å². The number of benzene rings is 1. The Bertz CT molecular complexity index is 904. The van der Waals surface area contributed by atoms with Gasteiger partial charge in [0.05, 0.1) is 0 Å². The molecule has 2 aromatic rings. The zero-order valence-corrected chi connectivity index (χ0v) is 13.3. The Morgan fingerprint density at radius 1 is 1.04 bits per heavy atom. The molecule has 1 N–H and O–H groups in total. The number of fused-ring (bicyclic) bond motifs is 2. The van der Waals surface area contributed by atoms with Crippen molar-refractivity contribution in [3.05, 3.63) is 88.1 Å². The Hall–Kier alpha value is -2.45. The van der Waals surface area contributed by atoms with Gasteiger partial charge in [-0.2, -0.15) is 0 Å². The van der Waals surface area contributed by atoms with Crippen molar-refractivity contribution >= 4 is 11.6 Å². The quantitative estimate of drug-likeness (QED) is 0.915. The summed E-state index contributed by atoms with van der Waals surface area (Å²) in [7, 11) is 0. The fourth-order valence-corrected chi connectivity index (χ4v) is 3.39. The van der Waals surface area contributed by atoms with Crippen LogP contribution in [-0.4, -0.2) is 17.6 Å². The first-order valence-electron chi connectivity index (χ1n) is 8.16. The van der Waals surface area contributed by atoms with Crippen LogP contribution < -0.4 is 15.8 Å². The minimum absolute atomic E-state index is 0.434. The van der Waals surface area contributed by atoms with Crippen LogP contribution in [-0.2, 0) is 6.42 Å². The van der Waals surface area contributed by atoms with E-state index in [0.717, 1.165) is 13.0 Å². The average molecular weight is 300 g/mol. The summed E-state index contributed by atoms with van der Waals surface area (Å²) in [6, 6.07) is 13.3. The average Bonchev–Trinajstić information content (AvgIpc) is 3.13. The molecule has 2 nitrogen and oxygen atoms in total. The Morgan fingerprint density at radius 3 is 2.74 bits per heavy atom. The van der Waals surface area contributed by atoms with Gasteiger partial charge in [0.25, 0.3) is 0 Å². The van der Waals surface area contributed by atoms with E-state index < -0.39 is 0 Å². The van der Waals surface area contributed by atoms with Crippen LogP contribution >= 0.6 is 0 Å². The maximum absolute atomic E-state index is 4.08. The molecule has 1 atom stereocenters. The second kappa shape index (κ2) is 5.98. The molecule has 0 bridgehead atoms. The summed E-state index contributed by atoms with van der Waals surface area (Å²) in [5.74, 6) is 0. The summed E-state index contributed by atoms with van der Waals surface area (Å²) in [6.07, 6.45) is 11.5. The number of allylic oxidation sites excluding steroid dienone is 3. The van der Waals surface area contributed by atoms with Crippen LogP contribution in [0.4, 0.5) is 0 Å². The molecule has 0 saturated heterocycles. The number of hydrogen-bond acceptors (Lipinski definition) is 2. The maximum Gasteiger partial charge on any atom is 0.0270 e. The minimum Gasteiger partial charge on any atom is -0.310 e. The first kappa shape index (κ1) is 14.2. The lowest BCUT2D eigenvalue weighted by Gasteiger charge is -2.15. The van der Waals surface area contributed by atoms with Crippen molar-refractivity contribution in [2.24, 2.45) is 0 Å². The summed E-state index contributed by atoms with van der Waals surface area (Å²) in [5.41, 5.74) is 5.48. The maximum atomic E-state index is 4.08. The van der Waals surface area contributed by atoms with Crippen molar-refractivity contribution in [2.75, 3.05) is 6.54 Å². The lowest BCUT2D eigenvalue weighted by Crippen LogP contribution is -2.31. The molecule has 2 aliphatic rings. The van der Waals surface area contributed by atoms with E-state index in [1.807, 2.05) is 12.4 Å². The molecule has 0 spiro atoms. The molecule has 2 heteroatoms. The van der Waals surface area contributed by atoms with Crippen molar-refractivity contribution in [2.45, 2.75) is 19.4 Å². The molecule has 0 aliphatic heterocycles. The van der Waals surface area contributed by atoms with Crippen molar-refractivity contribution < 1.29 is 0 Å². The van der Waals surface area contributed by atoms with Gasteiger partial charge in [0.1, 0.15) is 0 Å². The number of hydrogen-bond donors (Lipinski definition) is 1. The summed E-state index contributed by atoms with van der Waals surface area (Å²) in [5, 5.41) is 6.36. The van der Waals surface area contributed by atoms with Gasteiger partial charge in [0.15, 0.2) is 0 Å². The summed E-state index contributed by atoms with van der Waals surface area (Å²) in [6.45, 7) is 3.15. The van der Waals surface area contributed by atoms with E-state index in [1.165, 1.54) is 32.7 Å². The monoisotopic (exact) mass is 300 g/mol. The van der Waals surface area contributed by atoms with Crippen LogP contribution in [0, 0.1) is 0 Å². The Labute approximate surface area is 136 Å². The van der Waals surface area contributed by atoms with Crippen LogP contribution in [0.25, 0.3) is 11.6 Å². The summed E-state index contributed by atoms with van der Waals surface area (Å²) in [4.78, 5) is 4.08. The predicted molar refractivity (Wildman–Crippen MR) is 95.1 cm³/mol. The van der Waals surface area contributed by atoms with E-state index >= 15 is 0 Å². The highest BCUT2D eigenvalue weighted by atomic mass is 14.9. The molecule has 1 heterocycles. The first-order chi connectivity index (χ1) is 11.3. The molecule has 114 valence electrons. The van der Waals surface area contributed by atoms with Gasteiger partial charge < -0.3 is 5.32 Å². The summed E-state index contributed by atoms with van der Waals surface area (Å²) < 4.78 is 0. The lowest BCUT2D eigenvalue weighted by molar-refractivity contribution is 0.576. The molecular weight excluding hydrogens is 280 g/mol. The molecule has 0 radical (unpaired) electrons. The fourth-order valence-electron chi connectivity index (χ4n) is 3.39. The number of pyridine rings is 1. The number of nitrogens with one attached hydrogen (secondary N) is 1. The topological polar surface area (TPSA) is 24.9 Å². The minimum atomic E-state index is 0.434. The number of aromatic nitrogens is 1. The van der Waals surface area contributed by atoms with Crippen molar-refractivity contribution in [3.8, 4) is 0 Å². The van der Waals surface area contributed by atoms with Crippen LogP contribution in [0.1, 0.15) is 12.5 Å². The van der Waals surface area contributed by atoms with Gasteiger partial charge in [-0.1, -0.05) is 36.4 Å². The molecule has 0 amide bonds. The zero-order valence-electron chi connectivity index (χ0n) is 13.3. The van der Waals surface area contributed by atoms with Gasteiger partial charge in [0, 0.05) is 25.0 Å². The third-order valence-corrected chi connectivity index (χ3v) is 4.55. The molecule has 1 aromatic heterocycles. The Balaban J connectivity index is 1.46. The largest absolute Gasteiger partial charge is 0.310 e. The molecular formula is C21H20N2. The van der Waals surface area contributed by atoms with Crippen LogP contribution in [0.5, 0.6) is 0 Å². The Kier molecular flexibility index (Phi) is 3.68. The molecule has 4 rings (SSSR count). The van der Waals surface area contributed by atoms with E-state index in [4.69, 9.17) is 0 Å². The summed E-state index contributed by atoms with van der Waals surface area (Å²) >= 11 is 0. The van der Waals surface area contributed by atoms with E-state index in [9.17, 15) is 0 Å². The van der Waals surface area contributed by atoms with Crippen molar-refractivity contribution in [1.29, 1.82) is 0 Å². The SMILES string of the molecule is CC(Cc1ccncc1)NCC1=CC=C2C=c3ccccc3=C21. The Morgan fingerprint density at radius 2 is 1.87 bits per heavy atom. The highest BCUT2D eigenvalue weighted by Gasteiger charge is 2.19. The van der Waals surface area contributed by atoms with E-state index in [2.05, 4.69) is 71.9 Å². The van der Waals surface area contributed by atoms with Crippen LogP contribution in [0.3, 0.4) is 0 Å². The van der Waals surface area contributed by atoms with Crippen molar-refractivity contribution in [3.63, 3.8) is 0 Å². The number of rotatable bonds is 5. The molecule has 0 fully saturated rings. The second-order valence-electron chi connectivity index (χ2n) is 6.26. The van der Waals surface area contributed by atoms with Gasteiger partial charge in [-0.05, 0) is 64.3 Å². The zero-order chi connectivity index (χ0) is 15.6. The third kappa shape index (κ3) is 2.78. The fraction of sp³-hybridized carbons (Fsp3) is 0.190. The number of nitrogens with zero attached hydrogens (tertiary/aromatic N) is 1. The van der Waals surface area contributed by atoms with Crippen molar-refractivity contribution in [1.82, 2.24) is 10.3 Å². The standard InChI is InChI=1S/C21H20N2/c1-15(12-16-8-10-22-11-9-16)23-14-19-7-6-18-13-17-4-2-3-5-20(17)21(18)19/h2-11,13,15,23H,12,14H2,1H3. The molecule has 1 unspecified atom stereocenters. The van der Waals surface area contributed by atoms with Gasteiger partial charge in [-0.15, -0.1) is 0 Å². The molecule has 0 saturated carbocycles. The normalized spacial score (nSPS) is 16.3. The lowest BCUT2D eigenvalue weighted by atomic mass is 10.0. The van der Waals surface area contributed by atoms with E-state index in [0.29, 0.717) is 6.04 Å². The molecule has 23 heavy (non-hydrogen) atoms.